The molecule has 112 valence electrons. The molecule has 2 saturated carbocycles. The summed E-state index contributed by atoms with van der Waals surface area (Å²) in [6, 6.07) is 0. The topological polar surface area (TPSA) is 40.5 Å². The average Bonchev–Trinajstić information content (AvgIpc) is 2.99. The Balaban J connectivity index is 1.99. The van der Waals surface area contributed by atoms with Crippen LogP contribution < -0.4 is 0 Å². The number of rotatable bonds is 8. The number of hydrogen-bond acceptors (Lipinski definition) is 4. The molecule has 2 bridgehead atoms. The summed E-state index contributed by atoms with van der Waals surface area (Å²) >= 11 is 4.11. The quantitative estimate of drug-likeness (QED) is 0.676. The first-order valence-corrected chi connectivity index (χ1v) is 9.83. The zero-order valence-corrected chi connectivity index (χ0v) is 13.8. The zero-order valence-electron chi connectivity index (χ0n) is 12.1. The lowest BCUT2D eigenvalue weighted by Gasteiger charge is -2.35. The fraction of sp³-hybridized carbons (Fsp3) is 1.00. The molecule has 0 aromatic heterocycles. The van der Waals surface area contributed by atoms with E-state index in [4.69, 9.17) is 0 Å². The molecule has 2 fully saturated rings. The molecular formula is C15H28O2S2. The largest absolute Gasteiger partial charge is 0.394 e. The van der Waals surface area contributed by atoms with Crippen molar-refractivity contribution in [1.82, 2.24) is 0 Å². The Kier molecular flexibility index (Phi) is 6.38. The fourth-order valence-corrected chi connectivity index (χ4v) is 6.97. The van der Waals surface area contributed by atoms with Gasteiger partial charge in [-0.1, -0.05) is 13.8 Å². The molecule has 2 aliphatic carbocycles. The summed E-state index contributed by atoms with van der Waals surface area (Å²) in [5, 5.41) is 19.5. The monoisotopic (exact) mass is 304 g/mol. The van der Waals surface area contributed by atoms with Gasteiger partial charge in [-0.2, -0.15) is 0 Å². The molecule has 0 aromatic rings. The maximum Gasteiger partial charge on any atom is 0.0804 e. The second kappa shape index (κ2) is 7.58. The van der Waals surface area contributed by atoms with E-state index in [9.17, 15) is 10.2 Å². The van der Waals surface area contributed by atoms with E-state index in [-0.39, 0.29) is 6.61 Å². The van der Waals surface area contributed by atoms with Crippen LogP contribution in [0.2, 0.25) is 0 Å². The first kappa shape index (κ1) is 16.0. The van der Waals surface area contributed by atoms with Crippen LogP contribution in [0.5, 0.6) is 0 Å². The lowest BCUT2D eigenvalue weighted by atomic mass is 9.75. The standard InChI is InChI=1S/C15H28O2S2/c1-3-18-14(19-4-2)8-12-10-5-6-11(7-10)15(12)13(17)9-16/h10-17H,3-9H2,1-2H3/t10-,11+,12-,13?,15+/m1/s1. The molecule has 0 radical (unpaired) electrons. The van der Waals surface area contributed by atoms with Crippen LogP contribution in [0.15, 0.2) is 0 Å². The van der Waals surface area contributed by atoms with Gasteiger partial charge in [-0.3, -0.25) is 0 Å². The summed E-state index contributed by atoms with van der Waals surface area (Å²) in [6.07, 6.45) is 4.66. The number of fused-ring (bicyclic) bond motifs is 2. The predicted octanol–water partition coefficient (Wildman–Crippen LogP) is 3.22. The molecule has 2 N–H and O–H groups in total. The van der Waals surface area contributed by atoms with Crippen molar-refractivity contribution in [3.63, 3.8) is 0 Å². The van der Waals surface area contributed by atoms with Crippen LogP contribution in [0, 0.1) is 23.7 Å². The molecule has 1 unspecified atom stereocenters. The molecule has 0 heterocycles. The SMILES string of the molecule is CCSC(C[C@@H]1[C@@H]2CC[C@@H](C2)[C@@H]1C(O)CO)SCC. The minimum atomic E-state index is -0.487. The number of aliphatic hydroxyl groups is 2. The Morgan fingerprint density at radius 3 is 2.32 bits per heavy atom. The highest BCUT2D eigenvalue weighted by Crippen LogP contribution is 2.56. The highest BCUT2D eigenvalue weighted by molar-refractivity contribution is 8.16. The van der Waals surface area contributed by atoms with Gasteiger partial charge in [0.15, 0.2) is 0 Å². The highest BCUT2D eigenvalue weighted by Gasteiger charge is 2.50. The maximum atomic E-state index is 10.2. The van der Waals surface area contributed by atoms with Gasteiger partial charge in [0.2, 0.25) is 0 Å². The molecule has 0 saturated heterocycles. The Morgan fingerprint density at radius 1 is 1.11 bits per heavy atom. The van der Waals surface area contributed by atoms with E-state index in [0.29, 0.717) is 22.3 Å². The molecule has 2 nitrogen and oxygen atoms in total. The van der Waals surface area contributed by atoms with Gasteiger partial charge in [-0.25, -0.2) is 0 Å². The third-order valence-electron chi connectivity index (χ3n) is 4.96. The predicted molar refractivity (Wildman–Crippen MR) is 85.6 cm³/mol. The van der Waals surface area contributed by atoms with Gasteiger partial charge in [-0.05, 0) is 60.9 Å². The molecule has 4 heteroatoms. The van der Waals surface area contributed by atoms with Gasteiger partial charge < -0.3 is 10.2 Å². The highest BCUT2D eigenvalue weighted by atomic mass is 32.2. The lowest BCUT2D eigenvalue weighted by molar-refractivity contribution is -0.000860. The molecule has 0 spiro atoms. The normalized spacial score (nSPS) is 35.2. The second-order valence-corrected chi connectivity index (χ2v) is 9.16. The Labute approximate surface area is 126 Å². The Bertz CT molecular complexity index is 269. The van der Waals surface area contributed by atoms with E-state index in [1.807, 2.05) is 0 Å². The van der Waals surface area contributed by atoms with Crippen molar-refractivity contribution in [2.45, 2.75) is 50.2 Å². The Hall–Kier alpha value is 0.620. The van der Waals surface area contributed by atoms with Gasteiger partial charge in [-0.15, -0.1) is 23.5 Å². The van der Waals surface area contributed by atoms with Crippen molar-refractivity contribution in [3.05, 3.63) is 0 Å². The summed E-state index contributed by atoms with van der Waals surface area (Å²) in [7, 11) is 0. The van der Waals surface area contributed by atoms with E-state index in [0.717, 1.165) is 5.92 Å². The third-order valence-corrected chi connectivity index (χ3v) is 7.57. The maximum absolute atomic E-state index is 10.2. The smallest absolute Gasteiger partial charge is 0.0804 e. The van der Waals surface area contributed by atoms with E-state index >= 15 is 0 Å². The van der Waals surface area contributed by atoms with Crippen molar-refractivity contribution in [3.8, 4) is 0 Å². The van der Waals surface area contributed by atoms with Crippen LogP contribution in [-0.2, 0) is 0 Å². The number of aliphatic hydroxyl groups excluding tert-OH is 2. The summed E-state index contributed by atoms with van der Waals surface area (Å²) < 4.78 is 0.674. The first-order chi connectivity index (χ1) is 9.21. The zero-order chi connectivity index (χ0) is 13.8. The van der Waals surface area contributed by atoms with Crippen molar-refractivity contribution < 1.29 is 10.2 Å². The molecule has 0 aromatic carbocycles. The molecule has 2 rings (SSSR count). The van der Waals surface area contributed by atoms with E-state index in [1.54, 1.807) is 0 Å². The van der Waals surface area contributed by atoms with Crippen LogP contribution in [0.25, 0.3) is 0 Å². The molecule has 0 aliphatic heterocycles. The molecule has 19 heavy (non-hydrogen) atoms. The summed E-state index contributed by atoms with van der Waals surface area (Å²) in [5.74, 6) is 4.84. The minimum absolute atomic E-state index is 0.0586. The fourth-order valence-electron chi connectivity index (χ4n) is 4.30. The molecule has 5 atom stereocenters. The summed E-state index contributed by atoms with van der Waals surface area (Å²) in [6.45, 7) is 4.40. The average molecular weight is 305 g/mol. The molecule has 2 aliphatic rings. The number of hydrogen-bond donors (Lipinski definition) is 2. The van der Waals surface area contributed by atoms with Crippen molar-refractivity contribution in [1.29, 1.82) is 0 Å². The van der Waals surface area contributed by atoms with Gasteiger partial charge in [0.05, 0.1) is 17.3 Å². The van der Waals surface area contributed by atoms with Crippen LogP contribution in [0.3, 0.4) is 0 Å². The number of thioether (sulfide) groups is 2. The van der Waals surface area contributed by atoms with Crippen LogP contribution in [-0.4, -0.2) is 39.0 Å². The second-order valence-electron chi connectivity index (χ2n) is 5.90. The van der Waals surface area contributed by atoms with Crippen molar-refractivity contribution in [2.75, 3.05) is 18.1 Å². The first-order valence-electron chi connectivity index (χ1n) is 7.73. The van der Waals surface area contributed by atoms with Gasteiger partial charge in [0, 0.05) is 0 Å². The molecule has 0 amide bonds. The third kappa shape index (κ3) is 3.63. The summed E-state index contributed by atoms with van der Waals surface area (Å²) in [4.78, 5) is 0. The van der Waals surface area contributed by atoms with Crippen LogP contribution >= 0.6 is 23.5 Å². The van der Waals surface area contributed by atoms with Gasteiger partial charge in [0.1, 0.15) is 0 Å². The minimum Gasteiger partial charge on any atom is -0.394 e. The van der Waals surface area contributed by atoms with Gasteiger partial charge in [0.25, 0.3) is 0 Å². The van der Waals surface area contributed by atoms with E-state index < -0.39 is 6.10 Å². The van der Waals surface area contributed by atoms with Crippen LogP contribution in [0.4, 0.5) is 0 Å². The van der Waals surface area contributed by atoms with Crippen molar-refractivity contribution >= 4 is 23.5 Å². The van der Waals surface area contributed by atoms with Gasteiger partial charge >= 0.3 is 0 Å². The van der Waals surface area contributed by atoms with E-state index in [2.05, 4.69) is 37.4 Å². The van der Waals surface area contributed by atoms with Crippen LogP contribution in [0.1, 0.15) is 39.5 Å². The summed E-state index contributed by atoms with van der Waals surface area (Å²) in [5.41, 5.74) is 0. The molecular weight excluding hydrogens is 276 g/mol. The van der Waals surface area contributed by atoms with E-state index in [1.165, 1.54) is 37.2 Å². The Morgan fingerprint density at radius 2 is 1.74 bits per heavy atom. The van der Waals surface area contributed by atoms with Crippen molar-refractivity contribution in [2.24, 2.45) is 23.7 Å². The lowest BCUT2D eigenvalue weighted by Crippen LogP contribution is -2.36.